The van der Waals surface area contributed by atoms with Crippen molar-refractivity contribution < 1.29 is 74.5 Å². The van der Waals surface area contributed by atoms with Gasteiger partial charge < -0.3 is 39.7 Å². The molecule has 4 unspecified atom stereocenters. The number of carboxylic acids is 1. The van der Waals surface area contributed by atoms with Gasteiger partial charge in [0.2, 0.25) is 15.9 Å². The number of aliphatic carboxylic acids is 1. The second kappa shape index (κ2) is 29.2. The molecular formula is C46H55Cl4F3N5O14PS. The van der Waals surface area contributed by atoms with Gasteiger partial charge in [0.05, 0.1) is 51.8 Å². The molecule has 1 aliphatic rings. The van der Waals surface area contributed by atoms with Crippen LogP contribution in [0.25, 0.3) is 0 Å². The molecule has 0 saturated heterocycles. The topological polar surface area (TPSA) is 275 Å². The van der Waals surface area contributed by atoms with Gasteiger partial charge in [-0.3, -0.25) is 33.9 Å². The van der Waals surface area contributed by atoms with Crippen LogP contribution >= 0.6 is 53.8 Å². The number of alkyl halides is 6. The number of nitro benzene ring substituents is 1. The van der Waals surface area contributed by atoms with Crippen molar-refractivity contribution >= 4 is 105 Å². The van der Waals surface area contributed by atoms with Gasteiger partial charge in [-0.05, 0) is 81.1 Å². The zero-order valence-corrected chi connectivity index (χ0v) is 45.5. The van der Waals surface area contributed by atoms with E-state index in [0.717, 1.165) is 53.2 Å². The lowest BCUT2D eigenvalue weighted by Gasteiger charge is -2.35. The zero-order valence-electron chi connectivity index (χ0n) is 40.8. The van der Waals surface area contributed by atoms with E-state index in [1.54, 1.807) is 21.6 Å². The van der Waals surface area contributed by atoms with Crippen LogP contribution in [0, 0.1) is 17.0 Å². The van der Waals surface area contributed by atoms with Crippen molar-refractivity contribution in [2.45, 2.75) is 69.7 Å². The second-order valence-electron chi connectivity index (χ2n) is 16.2. The summed E-state index contributed by atoms with van der Waals surface area (Å²) in [6.45, 7) is 10.1. The Morgan fingerprint density at radius 3 is 2.23 bits per heavy atom. The Morgan fingerprint density at radius 1 is 1.08 bits per heavy atom. The number of halogens is 7. The maximum atomic E-state index is 12.7. The number of amides is 3. The minimum atomic E-state index is -4.62. The van der Waals surface area contributed by atoms with Gasteiger partial charge in [-0.15, -0.1) is 11.6 Å². The predicted molar refractivity (Wildman–Crippen MR) is 277 cm³/mol. The second-order valence-corrected chi connectivity index (χ2v) is 22.2. The highest BCUT2D eigenvalue weighted by atomic mass is 35.5. The van der Waals surface area contributed by atoms with Gasteiger partial charge in [-0.25, -0.2) is 13.1 Å². The smallest absolute Gasteiger partial charge is 0.416 e. The Hall–Kier alpha value is -5.23. The molecule has 4 aromatic carbocycles. The first kappa shape index (κ1) is 64.9. The third-order valence-corrected chi connectivity index (χ3v) is 12.5. The normalized spacial score (nSPS) is 14.6. The standard InChI is InChI=1S/C15H10ClF3N2O6S.C15H22ClNO2.C11H11Cl2NO2.C5H12NO4P/c1-28(25,26)20-14(22)10-7-9(3-4-12(10)21(23)24)27-13-5-2-8(6-11(13)16)15(17,18)19;1-5-13-8-6-7-11(2)15(13)17(14(18)9-16)12(3)10-19-4;1-7-6-16-9-5-3-2-4-8(9)14(7)11(15)10(12)13;1-11(9,10)3-2-4(6)5(7)8/h2-7H,1H3,(H,20,22);6-8,12H,5,9-10H2,1-4H3;2-5,7,10H,6H2,1H3;4H,2-3,6H2,1H3,(H,7,8)(H,9,10). The fourth-order valence-corrected chi connectivity index (χ4v) is 8.36. The molecule has 74 heavy (non-hydrogen) atoms. The lowest BCUT2D eigenvalue weighted by atomic mass is 10.0. The number of hydrogen-bond donors (Lipinski definition) is 4. The van der Waals surface area contributed by atoms with E-state index in [-0.39, 0.29) is 53.9 Å². The quantitative estimate of drug-likeness (QED) is 0.0352. The lowest BCUT2D eigenvalue weighted by Crippen LogP contribution is -2.47. The van der Waals surface area contributed by atoms with Crippen molar-refractivity contribution in [1.29, 1.82) is 0 Å². The summed E-state index contributed by atoms with van der Waals surface area (Å²) in [6, 6.07) is 17.4. The molecule has 19 nitrogen and oxygen atoms in total. The van der Waals surface area contributed by atoms with Crippen molar-refractivity contribution in [3.05, 3.63) is 116 Å². The van der Waals surface area contributed by atoms with Crippen molar-refractivity contribution in [2.24, 2.45) is 5.73 Å². The number of nitrogens with one attached hydrogen (secondary N) is 1. The first-order valence-corrected chi connectivity index (χ1v) is 27.7. The minimum Gasteiger partial charge on any atom is -0.489 e. The molecule has 0 radical (unpaired) electrons. The number of carboxylic acid groups (broad SMARTS) is 1. The highest BCUT2D eigenvalue weighted by molar-refractivity contribution is 7.89. The monoisotopic (exact) mass is 1160 g/mol. The van der Waals surface area contributed by atoms with Gasteiger partial charge in [-0.1, -0.05) is 72.1 Å². The molecule has 5 rings (SSSR count). The third kappa shape index (κ3) is 20.5. The number of methoxy groups -OCH3 is 1. The first-order valence-electron chi connectivity index (χ1n) is 21.7. The van der Waals surface area contributed by atoms with E-state index >= 15 is 0 Å². The fraction of sp³-hybridized carbons (Fsp3) is 0.391. The summed E-state index contributed by atoms with van der Waals surface area (Å²) in [5.74, 6) is -2.56. The van der Waals surface area contributed by atoms with Crippen LogP contribution in [0.3, 0.4) is 0 Å². The Kier molecular flexibility index (Phi) is 25.6. The summed E-state index contributed by atoms with van der Waals surface area (Å²) in [5.41, 5.74) is 6.68. The third-order valence-electron chi connectivity index (χ3n) is 9.99. The molecule has 1 aliphatic heterocycles. The van der Waals surface area contributed by atoms with Gasteiger partial charge in [0, 0.05) is 32.1 Å². The fourth-order valence-electron chi connectivity index (χ4n) is 6.59. The van der Waals surface area contributed by atoms with E-state index in [4.69, 9.17) is 76.3 Å². The van der Waals surface area contributed by atoms with E-state index in [2.05, 4.69) is 13.0 Å². The minimum absolute atomic E-state index is 0.0223. The average molecular weight is 1160 g/mol. The molecule has 0 saturated carbocycles. The number of ether oxygens (including phenoxy) is 3. The van der Waals surface area contributed by atoms with Crippen LogP contribution in [0.15, 0.2) is 78.9 Å². The molecule has 5 N–H and O–H groups in total. The summed E-state index contributed by atoms with van der Waals surface area (Å²) < 4.78 is 88.6. The maximum absolute atomic E-state index is 12.7. The summed E-state index contributed by atoms with van der Waals surface area (Å²) in [4.78, 5) is 67.4. The van der Waals surface area contributed by atoms with E-state index in [1.807, 2.05) is 57.2 Å². The lowest BCUT2D eigenvalue weighted by molar-refractivity contribution is -0.385. The van der Waals surface area contributed by atoms with Crippen LogP contribution < -0.4 is 29.7 Å². The van der Waals surface area contributed by atoms with Crippen molar-refractivity contribution in [2.75, 3.05) is 55.1 Å². The molecule has 408 valence electrons. The Balaban J connectivity index is 0.000000357. The van der Waals surface area contributed by atoms with Crippen LogP contribution in [-0.4, -0.2) is 115 Å². The Labute approximate surface area is 445 Å². The largest absolute Gasteiger partial charge is 0.489 e. The van der Waals surface area contributed by atoms with E-state index < -0.39 is 73.1 Å². The van der Waals surface area contributed by atoms with Gasteiger partial charge in [0.1, 0.15) is 41.3 Å². The van der Waals surface area contributed by atoms with Crippen LogP contribution in [0.2, 0.25) is 5.02 Å². The molecule has 0 spiro atoms. The molecular weight excluding hydrogens is 1110 g/mol. The summed E-state index contributed by atoms with van der Waals surface area (Å²) in [5, 5.41) is 18.9. The molecule has 0 aromatic heterocycles. The summed E-state index contributed by atoms with van der Waals surface area (Å²) >= 11 is 22.8. The van der Waals surface area contributed by atoms with Crippen molar-refractivity contribution in [3.8, 4) is 17.2 Å². The predicted octanol–water partition coefficient (Wildman–Crippen LogP) is 9.21. The number of anilines is 2. The number of rotatable bonds is 16. The number of para-hydroxylation sites is 3. The number of aryl methyl sites for hydroxylation is 2. The maximum Gasteiger partial charge on any atom is 0.416 e. The Bertz CT molecular complexity index is 2780. The molecule has 4 atom stereocenters. The van der Waals surface area contributed by atoms with Crippen LogP contribution in [0.5, 0.6) is 17.2 Å². The highest BCUT2D eigenvalue weighted by Crippen LogP contribution is 2.39. The van der Waals surface area contributed by atoms with Crippen LogP contribution in [0.4, 0.5) is 30.2 Å². The number of carbonyl (C=O) groups is 4. The molecule has 3 amide bonds. The van der Waals surface area contributed by atoms with Crippen molar-refractivity contribution in [1.82, 2.24) is 4.72 Å². The number of nitrogens with zero attached hydrogens (tertiary/aromatic N) is 3. The van der Waals surface area contributed by atoms with E-state index in [0.29, 0.717) is 37.4 Å². The Morgan fingerprint density at radius 2 is 1.72 bits per heavy atom. The molecule has 0 aliphatic carbocycles. The van der Waals surface area contributed by atoms with Crippen LogP contribution in [0.1, 0.15) is 54.2 Å². The number of hydrogen-bond acceptors (Lipinski definition) is 13. The number of fused-ring (bicyclic) bond motifs is 1. The van der Waals surface area contributed by atoms with Gasteiger partial charge in [0.25, 0.3) is 17.5 Å². The number of sulfonamides is 1. The molecule has 1 heterocycles. The van der Waals surface area contributed by atoms with E-state index in [9.17, 15) is 55.4 Å². The number of nitro groups is 1. The summed E-state index contributed by atoms with van der Waals surface area (Å²) in [7, 11) is -5.47. The molecule has 28 heteroatoms. The molecule has 4 aromatic rings. The molecule has 0 bridgehead atoms. The number of carbonyl (C=O) groups excluding carboxylic acids is 3. The zero-order chi connectivity index (χ0) is 56.5. The SMILES string of the molecule is CC1COc2ccccc2N1C(=O)C(Cl)Cl.CCc1cccc(C)c1N(C(=O)CCl)C(C)COC.CP(=O)(O)CCC(N)C(=O)O.CS(=O)(=O)NC(=O)c1cc(Oc2ccc(C(F)(F)F)cc2Cl)ccc1[N+](=O)[O-]. The molecule has 0 fully saturated rings. The first-order chi connectivity index (χ1) is 34.3. The number of nitrogens with two attached hydrogens (primary N) is 1. The number of benzene rings is 4. The summed E-state index contributed by atoms with van der Waals surface area (Å²) in [6.07, 6.45) is -3.06. The highest BCUT2D eigenvalue weighted by Gasteiger charge is 2.33. The van der Waals surface area contributed by atoms with Crippen LogP contribution in [-0.2, 0) is 46.3 Å². The average Bonchev–Trinajstić information content (AvgIpc) is 3.31. The van der Waals surface area contributed by atoms with Gasteiger partial charge in [0.15, 0.2) is 12.2 Å². The van der Waals surface area contributed by atoms with Crippen molar-refractivity contribution in [3.63, 3.8) is 0 Å². The van der Waals surface area contributed by atoms with Gasteiger partial charge in [-0.2, -0.15) is 13.2 Å². The van der Waals surface area contributed by atoms with Gasteiger partial charge >= 0.3 is 12.1 Å². The van der Waals surface area contributed by atoms with E-state index in [1.165, 1.54) is 6.66 Å².